The fraction of sp³-hybridized carbons (Fsp3) is 0.429. The summed E-state index contributed by atoms with van der Waals surface area (Å²) in [7, 11) is 0. The SMILES string of the molecule is CC(NC(=O)[C@@H](CC(=O)N1CCC(N2CCCCC2)CC1)N1C(=O)[C@@H](N2C(=O)OCC2c2ccccc2)[C@H]1/C=C/c1cccc(I)c1)c1ccccc1. The molecule has 0 spiro atoms. The van der Waals surface area contributed by atoms with Crippen molar-refractivity contribution >= 4 is 52.5 Å². The van der Waals surface area contributed by atoms with Gasteiger partial charge in [-0.2, -0.15) is 0 Å². The van der Waals surface area contributed by atoms with Crippen LogP contribution in [0.1, 0.15) is 74.2 Å². The zero-order valence-electron chi connectivity index (χ0n) is 30.2. The van der Waals surface area contributed by atoms with Crippen molar-refractivity contribution < 1.29 is 23.9 Å². The van der Waals surface area contributed by atoms with E-state index in [1.807, 2.05) is 109 Å². The van der Waals surface area contributed by atoms with Crippen LogP contribution < -0.4 is 5.32 Å². The summed E-state index contributed by atoms with van der Waals surface area (Å²) in [5, 5.41) is 3.11. The Morgan fingerprint density at radius 3 is 2.30 bits per heavy atom. The maximum atomic E-state index is 14.6. The van der Waals surface area contributed by atoms with Crippen LogP contribution in [0, 0.1) is 3.57 Å². The summed E-state index contributed by atoms with van der Waals surface area (Å²) < 4.78 is 6.61. The predicted octanol–water partition coefficient (Wildman–Crippen LogP) is 6.19. The van der Waals surface area contributed by atoms with E-state index < -0.39 is 36.2 Å². The van der Waals surface area contributed by atoms with Crippen molar-refractivity contribution in [2.75, 3.05) is 32.8 Å². The number of cyclic esters (lactones) is 1. The molecule has 0 aliphatic carbocycles. The summed E-state index contributed by atoms with van der Waals surface area (Å²) in [6.45, 7) is 5.50. The first-order valence-corrected chi connectivity index (χ1v) is 20.0. The first-order chi connectivity index (χ1) is 25.8. The van der Waals surface area contributed by atoms with Gasteiger partial charge in [0.25, 0.3) is 0 Å². The Morgan fingerprint density at radius 1 is 0.906 bits per heavy atom. The third-order valence-electron chi connectivity index (χ3n) is 11.3. The van der Waals surface area contributed by atoms with E-state index >= 15 is 0 Å². The molecule has 3 aromatic carbocycles. The van der Waals surface area contributed by atoms with Gasteiger partial charge < -0.3 is 24.8 Å². The number of amides is 4. The second kappa shape index (κ2) is 16.8. The maximum Gasteiger partial charge on any atom is 0.411 e. The van der Waals surface area contributed by atoms with Gasteiger partial charge in [-0.25, -0.2) is 4.79 Å². The third kappa shape index (κ3) is 8.31. The van der Waals surface area contributed by atoms with E-state index in [0.717, 1.165) is 46.2 Å². The topological polar surface area (TPSA) is 103 Å². The zero-order valence-corrected chi connectivity index (χ0v) is 32.3. The lowest BCUT2D eigenvalue weighted by molar-refractivity contribution is -0.164. The highest BCUT2D eigenvalue weighted by Crippen LogP contribution is 2.39. The quantitative estimate of drug-likeness (QED) is 0.183. The second-order valence-electron chi connectivity index (χ2n) is 14.6. The Bertz CT molecular complexity index is 1790. The number of rotatable bonds is 11. The second-order valence-corrected chi connectivity index (χ2v) is 15.8. The van der Waals surface area contributed by atoms with Crippen molar-refractivity contribution in [2.45, 2.75) is 81.7 Å². The molecule has 4 fully saturated rings. The number of ether oxygens (including phenoxy) is 1. The summed E-state index contributed by atoms with van der Waals surface area (Å²) >= 11 is 2.26. The van der Waals surface area contributed by atoms with Gasteiger partial charge in [-0.15, -0.1) is 0 Å². The molecule has 2 unspecified atom stereocenters. The van der Waals surface area contributed by atoms with Crippen LogP contribution in [0.2, 0.25) is 0 Å². The van der Waals surface area contributed by atoms with Gasteiger partial charge in [0.15, 0.2) is 0 Å². The van der Waals surface area contributed by atoms with E-state index in [2.05, 4.69) is 32.8 Å². The molecule has 7 rings (SSSR count). The predicted molar refractivity (Wildman–Crippen MR) is 211 cm³/mol. The van der Waals surface area contributed by atoms with Crippen LogP contribution in [0.3, 0.4) is 0 Å². The molecule has 3 aromatic rings. The van der Waals surface area contributed by atoms with E-state index in [9.17, 15) is 19.2 Å². The van der Waals surface area contributed by atoms with E-state index in [1.165, 1.54) is 29.1 Å². The normalized spacial score (nSPS) is 23.8. The largest absolute Gasteiger partial charge is 0.447 e. The lowest BCUT2D eigenvalue weighted by atomic mass is 9.87. The van der Waals surface area contributed by atoms with Gasteiger partial charge in [-0.1, -0.05) is 91.4 Å². The number of benzene rings is 3. The van der Waals surface area contributed by atoms with Crippen molar-refractivity contribution in [3.63, 3.8) is 0 Å². The Balaban J connectivity index is 1.18. The summed E-state index contributed by atoms with van der Waals surface area (Å²) in [6, 6.07) is 24.1. The van der Waals surface area contributed by atoms with Gasteiger partial charge in [-0.3, -0.25) is 19.3 Å². The van der Waals surface area contributed by atoms with Crippen LogP contribution in [-0.2, 0) is 19.1 Å². The van der Waals surface area contributed by atoms with Crippen molar-refractivity contribution in [1.82, 2.24) is 24.9 Å². The van der Waals surface area contributed by atoms with Crippen LogP contribution in [-0.4, -0.2) is 100 Å². The summed E-state index contributed by atoms with van der Waals surface area (Å²) in [5.41, 5.74) is 2.70. The standard InChI is InChI=1S/C42H48IN5O5/c1-29(31-13-5-2-6-14-31)44-40(50)36(27-38(49)46-24-20-34(21-25-46)45-22-9-4-10-23-45)47-35(19-18-30-12-11-17-33(43)26-30)39(41(47)51)48-37(28-53-42(48)52)32-15-7-3-8-16-32/h2-3,5-8,11-19,26,29,34-37,39H,4,9-10,20-25,27-28H2,1H3,(H,44,50)/b19-18+/t29?,35-,36-,37?,39+/m1/s1. The minimum atomic E-state index is -1.09. The molecule has 1 N–H and O–H groups in total. The molecule has 4 amide bonds. The number of nitrogens with one attached hydrogen (secondary N) is 1. The van der Waals surface area contributed by atoms with Gasteiger partial charge in [-0.05, 0) is 97.1 Å². The van der Waals surface area contributed by atoms with Crippen LogP contribution >= 0.6 is 22.6 Å². The van der Waals surface area contributed by atoms with Gasteiger partial charge in [0, 0.05) is 22.7 Å². The van der Waals surface area contributed by atoms with Crippen molar-refractivity contribution in [2.24, 2.45) is 0 Å². The molecule has 11 heteroatoms. The molecular formula is C42H48IN5O5. The monoisotopic (exact) mass is 829 g/mol. The summed E-state index contributed by atoms with van der Waals surface area (Å²) in [5.74, 6) is -0.930. The van der Waals surface area contributed by atoms with E-state index in [4.69, 9.17) is 4.74 Å². The molecule has 53 heavy (non-hydrogen) atoms. The van der Waals surface area contributed by atoms with Crippen LogP contribution in [0.4, 0.5) is 4.79 Å². The van der Waals surface area contributed by atoms with Crippen LogP contribution in [0.15, 0.2) is 91.0 Å². The van der Waals surface area contributed by atoms with Crippen molar-refractivity contribution in [1.29, 1.82) is 0 Å². The smallest absolute Gasteiger partial charge is 0.411 e. The Kier molecular flexibility index (Phi) is 11.8. The molecule has 4 aliphatic heterocycles. The Labute approximate surface area is 325 Å². The van der Waals surface area contributed by atoms with Crippen LogP contribution in [0.5, 0.6) is 0 Å². The molecule has 0 radical (unpaired) electrons. The average Bonchev–Trinajstić information content (AvgIpc) is 3.56. The van der Waals surface area contributed by atoms with Gasteiger partial charge in [0.05, 0.1) is 24.5 Å². The van der Waals surface area contributed by atoms with E-state index in [1.54, 1.807) is 0 Å². The number of piperidine rings is 2. The molecular weight excluding hydrogens is 781 g/mol. The highest BCUT2D eigenvalue weighted by atomic mass is 127. The molecule has 278 valence electrons. The number of likely N-dealkylation sites (tertiary alicyclic amines) is 3. The molecule has 10 nitrogen and oxygen atoms in total. The Hall–Kier alpha value is -4.23. The number of carbonyl (C=O) groups is 4. The number of halogens is 1. The Morgan fingerprint density at radius 2 is 1.60 bits per heavy atom. The molecule has 4 saturated heterocycles. The molecule has 4 heterocycles. The zero-order chi connectivity index (χ0) is 36.9. The summed E-state index contributed by atoms with van der Waals surface area (Å²) in [6.07, 6.45) is 8.62. The molecule has 5 atom stereocenters. The van der Waals surface area contributed by atoms with E-state index in [-0.39, 0.29) is 30.9 Å². The average molecular weight is 830 g/mol. The van der Waals surface area contributed by atoms with E-state index in [0.29, 0.717) is 19.1 Å². The molecule has 0 saturated carbocycles. The van der Waals surface area contributed by atoms with Gasteiger partial charge >= 0.3 is 6.09 Å². The fourth-order valence-electron chi connectivity index (χ4n) is 8.36. The number of nitrogens with zero attached hydrogens (tertiary/aromatic N) is 4. The van der Waals surface area contributed by atoms with Crippen molar-refractivity contribution in [3.8, 4) is 0 Å². The minimum Gasteiger partial charge on any atom is -0.447 e. The lowest BCUT2D eigenvalue weighted by Gasteiger charge is -2.52. The first-order valence-electron chi connectivity index (χ1n) is 18.9. The number of β-lactam (4-membered cyclic amide) rings is 1. The third-order valence-corrected chi connectivity index (χ3v) is 11.9. The first kappa shape index (κ1) is 37.1. The molecule has 0 bridgehead atoms. The molecule has 0 aromatic heterocycles. The number of hydrogen-bond acceptors (Lipinski definition) is 6. The summed E-state index contributed by atoms with van der Waals surface area (Å²) in [4.78, 5) is 64.0. The fourth-order valence-corrected chi connectivity index (χ4v) is 8.93. The van der Waals surface area contributed by atoms with Crippen molar-refractivity contribution in [3.05, 3.63) is 111 Å². The highest BCUT2D eigenvalue weighted by molar-refractivity contribution is 14.1. The minimum absolute atomic E-state index is 0.115. The number of hydrogen-bond donors (Lipinski definition) is 1. The lowest BCUT2D eigenvalue weighted by Crippen LogP contribution is -2.74. The number of carbonyl (C=O) groups excluding carboxylic acids is 4. The molecule has 4 aliphatic rings. The highest BCUT2D eigenvalue weighted by Gasteiger charge is 2.58. The van der Waals surface area contributed by atoms with Gasteiger partial charge in [0.1, 0.15) is 18.7 Å². The maximum absolute atomic E-state index is 14.6. The van der Waals surface area contributed by atoms with Gasteiger partial charge in [0.2, 0.25) is 17.7 Å². The van der Waals surface area contributed by atoms with Crippen LogP contribution in [0.25, 0.3) is 6.08 Å².